The lowest BCUT2D eigenvalue weighted by Gasteiger charge is -2.35. The topological polar surface area (TPSA) is 77.6 Å². The number of pyridine rings is 1. The minimum absolute atomic E-state index is 0.0385. The molecule has 1 aromatic heterocycles. The molecule has 0 radical (unpaired) electrons. The molecule has 4 heterocycles. The van der Waals surface area contributed by atoms with E-state index in [0.717, 1.165) is 57.0 Å². The number of urea groups is 1. The van der Waals surface area contributed by atoms with Crippen molar-refractivity contribution in [2.45, 2.75) is 43.0 Å². The van der Waals surface area contributed by atoms with Gasteiger partial charge >= 0.3 is 6.03 Å². The van der Waals surface area contributed by atoms with Gasteiger partial charge in [-0.05, 0) is 25.0 Å². The Morgan fingerprint density at radius 2 is 2.04 bits per heavy atom. The van der Waals surface area contributed by atoms with Gasteiger partial charge in [0.25, 0.3) is 0 Å². The van der Waals surface area contributed by atoms with Crippen LogP contribution >= 0.6 is 23.4 Å². The van der Waals surface area contributed by atoms with Crippen molar-refractivity contribution in [2.24, 2.45) is 0 Å². The third-order valence-electron chi connectivity index (χ3n) is 5.74. The summed E-state index contributed by atoms with van der Waals surface area (Å²) in [4.78, 5) is 32.5. The highest BCUT2D eigenvalue weighted by atomic mass is 35.5. The number of halogens is 1. The third kappa shape index (κ3) is 4.49. The molecule has 0 unspecified atom stereocenters. The van der Waals surface area contributed by atoms with Crippen LogP contribution in [-0.4, -0.2) is 71.1 Å². The number of aromatic nitrogens is 1. The van der Waals surface area contributed by atoms with Crippen molar-refractivity contribution in [1.29, 1.82) is 0 Å². The van der Waals surface area contributed by atoms with Crippen LogP contribution in [0.3, 0.4) is 0 Å². The van der Waals surface area contributed by atoms with E-state index in [1.807, 2.05) is 28.8 Å². The molecule has 7 nitrogen and oxygen atoms in total. The lowest BCUT2D eigenvalue weighted by molar-refractivity contribution is -0.131. The van der Waals surface area contributed by atoms with Crippen LogP contribution in [0.1, 0.15) is 25.7 Å². The van der Waals surface area contributed by atoms with Crippen molar-refractivity contribution in [1.82, 2.24) is 20.5 Å². The molecule has 3 amide bonds. The maximum Gasteiger partial charge on any atom is 0.315 e. The van der Waals surface area contributed by atoms with E-state index in [0.29, 0.717) is 16.7 Å². The predicted octanol–water partition coefficient (Wildman–Crippen LogP) is 2.11. The van der Waals surface area contributed by atoms with E-state index in [1.165, 1.54) is 0 Å². The highest BCUT2D eigenvalue weighted by Gasteiger charge is 2.42. The van der Waals surface area contributed by atoms with E-state index < -0.39 is 0 Å². The lowest BCUT2D eigenvalue weighted by Crippen LogP contribution is -2.49. The number of piperazine rings is 1. The second-order valence-electron chi connectivity index (χ2n) is 7.57. The first-order chi connectivity index (χ1) is 13.6. The van der Waals surface area contributed by atoms with Crippen LogP contribution in [0.25, 0.3) is 0 Å². The van der Waals surface area contributed by atoms with Crippen LogP contribution in [-0.2, 0) is 4.79 Å². The molecule has 152 valence electrons. The Morgan fingerprint density at radius 1 is 1.21 bits per heavy atom. The number of thioether (sulfide) groups is 1. The molecular formula is C19H26ClN5O2S. The summed E-state index contributed by atoms with van der Waals surface area (Å²) in [7, 11) is 0. The molecule has 3 saturated heterocycles. The Kier molecular flexibility index (Phi) is 6.16. The van der Waals surface area contributed by atoms with Gasteiger partial charge in [0.15, 0.2) is 0 Å². The molecular weight excluding hydrogens is 398 g/mol. The standard InChI is InChI=1S/C19H26ClN5O2S/c20-13-5-6-16(21-11-13)24-7-9-25(10-8-24)17(26)4-2-1-3-15-18-14(12-28-15)22-19(27)23-18/h5-6,11,14-15,18H,1-4,7-10,12H2,(H2,22,23,27)/t14-,15-,18-/m1/s1. The fourth-order valence-electron chi connectivity index (χ4n) is 4.16. The van der Waals surface area contributed by atoms with Gasteiger partial charge in [-0.2, -0.15) is 11.8 Å². The van der Waals surface area contributed by atoms with Gasteiger partial charge in [0.05, 0.1) is 17.1 Å². The Labute approximate surface area is 174 Å². The number of nitrogens with one attached hydrogen (secondary N) is 2. The second kappa shape index (κ2) is 8.78. The van der Waals surface area contributed by atoms with E-state index in [1.54, 1.807) is 6.20 Å². The third-order valence-corrected chi connectivity index (χ3v) is 7.47. The zero-order valence-electron chi connectivity index (χ0n) is 15.8. The largest absolute Gasteiger partial charge is 0.353 e. The van der Waals surface area contributed by atoms with Gasteiger partial charge in [-0.15, -0.1) is 0 Å². The first-order valence-electron chi connectivity index (χ1n) is 9.93. The van der Waals surface area contributed by atoms with Crippen molar-refractivity contribution in [3.05, 3.63) is 23.4 Å². The summed E-state index contributed by atoms with van der Waals surface area (Å²) < 4.78 is 0. The van der Waals surface area contributed by atoms with Crippen molar-refractivity contribution in [2.75, 3.05) is 36.8 Å². The summed E-state index contributed by atoms with van der Waals surface area (Å²) in [5.74, 6) is 2.15. The van der Waals surface area contributed by atoms with E-state index in [4.69, 9.17) is 11.6 Å². The Bertz CT molecular complexity index is 711. The highest BCUT2D eigenvalue weighted by molar-refractivity contribution is 8.00. The summed E-state index contributed by atoms with van der Waals surface area (Å²) in [5, 5.41) is 7.10. The van der Waals surface area contributed by atoms with Crippen LogP contribution in [0.5, 0.6) is 0 Å². The molecule has 3 atom stereocenters. The molecule has 0 spiro atoms. The maximum absolute atomic E-state index is 12.5. The number of nitrogens with zero attached hydrogens (tertiary/aromatic N) is 3. The normalized spacial score (nSPS) is 26.8. The van der Waals surface area contributed by atoms with E-state index >= 15 is 0 Å². The van der Waals surface area contributed by atoms with Crippen molar-refractivity contribution in [3.63, 3.8) is 0 Å². The smallest absolute Gasteiger partial charge is 0.315 e. The maximum atomic E-state index is 12.5. The number of anilines is 1. The van der Waals surface area contributed by atoms with Crippen LogP contribution in [0.4, 0.5) is 10.6 Å². The lowest BCUT2D eigenvalue weighted by atomic mass is 10.0. The predicted molar refractivity (Wildman–Crippen MR) is 112 cm³/mol. The second-order valence-corrected chi connectivity index (χ2v) is 9.28. The summed E-state index contributed by atoms with van der Waals surface area (Å²) in [6, 6.07) is 4.26. The summed E-state index contributed by atoms with van der Waals surface area (Å²) in [6.45, 7) is 3.08. The van der Waals surface area contributed by atoms with Crippen molar-refractivity contribution in [3.8, 4) is 0 Å². The number of unbranched alkanes of at least 4 members (excludes halogenated alkanes) is 1. The molecule has 0 aliphatic carbocycles. The minimum Gasteiger partial charge on any atom is -0.353 e. The molecule has 0 aromatic carbocycles. The summed E-state index contributed by atoms with van der Waals surface area (Å²) in [5.41, 5.74) is 0. The molecule has 9 heteroatoms. The van der Waals surface area contributed by atoms with Gasteiger partial charge in [0.2, 0.25) is 5.91 Å². The number of amides is 3. The highest BCUT2D eigenvalue weighted by Crippen LogP contribution is 2.33. The van der Waals surface area contributed by atoms with E-state index in [-0.39, 0.29) is 24.0 Å². The molecule has 0 saturated carbocycles. The summed E-state index contributed by atoms with van der Waals surface area (Å²) in [6.07, 6.45) is 5.25. The molecule has 2 N–H and O–H groups in total. The fraction of sp³-hybridized carbons (Fsp3) is 0.632. The van der Waals surface area contributed by atoms with Gasteiger partial charge in [-0.3, -0.25) is 4.79 Å². The zero-order chi connectivity index (χ0) is 19.5. The van der Waals surface area contributed by atoms with Gasteiger partial charge in [0.1, 0.15) is 5.82 Å². The number of hydrogen-bond acceptors (Lipinski definition) is 5. The first-order valence-corrected chi connectivity index (χ1v) is 11.4. The number of rotatable bonds is 6. The number of fused-ring (bicyclic) bond motifs is 1. The average Bonchev–Trinajstić information content (AvgIpc) is 3.25. The Morgan fingerprint density at radius 3 is 2.79 bits per heavy atom. The van der Waals surface area contributed by atoms with Gasteiger partial charge in [-0.1, -0.05) is 18.0 Å². The first kappa shape index (κ1) is 19.6. The quantitative estimate of drug-likeness (QED) is 0.541. The van der Waals surface area contributed by atoms with Crippen LogP contribution in [0.15, 0.2) is 18.3 Å². The molecule has 3 aliphatic rings. The van der Waals surface area contributed by atoms with E-state index in [2.05, 4.69) is 20.5 Å². The number of hydrogen-bond donors (Lipinski definition) is 2. The zero-order valence-corrected chi connectivity index (χ0v) is 17.3. The monoisotopic (exact) mass is 423 g/mol. The van der Waals surface area contributed by atoms with E-state index in [9.17, 15) is 9.59 Å². The summed E-state index contributed by atoms with van der Waals surface area (Å²) >= 11 is 7.82. The fourth-order valence-corrected chi connectivity index (χ4v) is 5.82. The molecule has 3 fully saturated rings. The number of carbonyl (C=O) groups excluding carboxylic acids is 2. The van der Waals surface area contributed by atoms with Crippen molar-refractivity contribution < 1.29 is 9.59 Å². The van der Waals surface area contributed by atoms with Gasteiger partial charge < -0.3 is 20.4 Å². The SMILES string of the molecule is O=C1N[C@@H]2[C@@H](CS[C@@H]2CCCCC(=O)N2CCN(c3ccc(Cl)cn3)CC2)N1. The Hall–Kier alpha value is -1.67. The average molecular weight is 424 g/mol. The van der Waals surface area contributed by atoms with Crippen LogP contribution in [0.2, 0.25) is 5.02 Å². The van der Waals surface area contributed by atoms with Gasteiger partial charge in [0, 0.05) is 49.8 Å². The molecule has 3 aliphatic heterocycles. The molecule has 1 aromatic rings. The van der Waals surface area contributed by atoms with Crippen molar-refractivity contribution >= 4 is 41.1 Å². The molecule has 0 bridgehead atoms. The van der Waals surface area contributed by atoms with Crippen LogP contribution < -0.4 is 15.5 Å². The van der Waals surface area contributed by atoms with Gasteiger partial charge in [-0.25, -0.2) is 9.78 Å². The van der Waals surface area contributed by atoms with Crippen LogP contribution in [0, 0.1) is 0 Å². The number of carbonyl (C=O) groups is 2. The molecule has 28 heavy (non-hydrogen) atoms. The Balaban J connectivity index is 1.14. The molecule has 4 rings (SSSR count). The minimum atomic E-state index is -0.0385.